The Labute approximate surface area is 128 Å². The molecule has 0 aliphatic carbocycles. The minimum absolute atomic E-state index is 0.237. The summed E-state index contributed by atoms with van der Waals surface area (Å²) in [6.45, 7) is 7.76. The van der Waals surface area contributed by atoms with Crippen LogP contribution in [-0.4, -0.2) is 21.4 Å². The van der Waals surface area contributed by atoms with Crippen LogP contribution < -0.4 is 10.1 Å². The second-order valence-corrected chi connectivity index (χ2v) is 5.87. The molecule has 6 heteroatoms. The van der Waals surface area contributed by atoms with E-state index >= 15 is 0 Å². The Hall–Kier alpha value is -1.95. The Morgan fingerprint density at radius 2 is 1.90 bits per heavy atom. The minimum atomic E-state index is -0.598. The van der Waals surface area contributed by atoms with E-state index in [-0.39, 0.29) is 5.91 Å². The van der Waals surface area contributed by atoms with Gasteiger partial charge in [0, 0.05) is 11.5 Å². The second kappa shape index (κ2) is 6.67. The van der Waals surface area contributed by atoms with Crippen molar-refractivity contribution in [2.45, 2.75) is 39.7 Å². The summed E-state index contributed by atoms with van der Waals surface area (Å²) in [6, 6.07) is 7.79. The van der Waals surface area contributed by atoms with Crippen LogP contribution in [0.2, 0.25) is 0 Å². The lowest BCUT2D eigenvalue weighted by Gasteiger charge is -2.14. The highest BCUT2D eigenvalue weighted by Crippen LogP contribution is 2.20. The molecule has 112 valence electrons. The van der Waals surface area contributed by atoms with Gasteiger partial charge < -0.3 is 4.74 Å². The largest absolute Gasteiger partial charge is 0.481 e. The van der Waals surface area contributed by atoms with Gasteiger partial charge in [-0.2, -0.15) is 4.37 Å². The van der Waals surface area contributed by atoms with Crippen LogP contribution in [-0.2, 0) is 4.79 Å². The Morgan fingerprint density at radius 3 is 2.43 bits per heavy atom. The molecule has 0 aliphatic heterocycles. The fourth-order valence-corrected chi connectivity index (χ4v) is 2.32. The van der Waals surface area contributed by atoms with Crippen LogP contribution in [0.25, 0.3) is 0 Å². The molecular formula is C15H19N3O2S. The molecule has 1 unspecified atom stereocenters. The normalized spacial score (nSPS) is 12.2. The molecule has 2 rings (SSSR count). The number of hydrogen-bond acceptors (Lipinski definition) is 5. The zero-order valence-corrected chi connectivity index (χ0v) is 13.4. The quantitative estimate of drug-likeness (QED) is 0.920. The second-order valence-electron chi connectivity index (χ2n) is 5.12. The molecule has 0 fully saturated rings. The third-order valence-electron chi connectivity index (χ3n) is 2.99. The van der Waals surface area contributed by atoms with E-state index in [0.29, 0.717) is 22.6 Å². The third kappa shape index (κ3) is 4.26. The Kier molecular flexibility index (Phi) is 4.90. The molecule has 0 bridgehead atoms. The summed E-state index contributed by atoms with van der Waals surface area (Å²) in [6.07, 6.45) is -0.598. The maximum absolute atomic E-state index is 12.0. The van der Waals surface area contributed by atoms with E-state index in [1.165, 1.54) is 5.56 Å². The van der Waals surface area contributed by atoms with E-state index in [1.54, 1.807) is 13.8 Å². The number of anilines is 1. The molecule has 1 N–H and O–H groups in total. The maximum atomic E-state index is 12.0. The van der Waals surface area contributed by atoms with Crippen LogP contribution in [0.15, 0.2) is 24.3 Å². The van der Waals surface area contributed by atoms with Crippen molar-refractivity contribution < 1.29 is 9.53 Å². The molecule has 1 atom stereocenters. The van der Waals surface area contributed by atoms with E-state index in [9.17, 15) is 4.79 Å². The van der Waals surface area contributed by atoms with Crippen molar-refractivity contribution >= 4 is 22.6 Å². The van der Waals surface area contributed by atoms with Crippen LogP contribution in [0.5, 0.6) is 5.75 Å². The first-order valence-corrected chi connectivity index (χ1v) is 7.61. The van der Waals surface area contributed by atoms with Gasteiger partial charge in [-0.1, -0.05) is 26.0 Å². The number of carbonyl (C=O) groups excluding carboxylic acids is 1. The standard InChI is InChI=1S/C15H19N3O2S/c1-9(2)12-5-7-13(8-6-12)20-10(3)14(19)17-15-16-11(4)18-21-15/h5-10H,1-4H3,(H,16,17,18,19). The molecule has 0 aliphatic rings. The van der Waals surface area contributed by atoms with Crippen molar-refractivity contribution in [3.8, 4) is 5.75 Å². The summed E-state index contributed by atoms with van der Waals surface area (Å²) in [4.78, 5) is 16.1. The number of amides is 1. The fraction of sp³-hybridized carbons (Fsp3) is 0.400. The summed E-state index contributed by atoms with van der Waals surface area (Å²) in [5.41, 5.74) is 1.24. The lowest BCUT2D eigenvalue weighted by atomic mass is 10.0. The molecule has 0 saturated heterocycles. The molecule has 21 heavy (non-hydrogen) atoms. The average Bonchev–Trinajstić information content (AvgIpc) is 2.84. The molecule has 2 aromatic rings. The molecule has 5 nitrogen and oxygen atoms in total. The van der Waals surface area contributed by atoms with E-state index in [4.69, 9.17) is 4.74 Å². The summed E-state index contributed by atoms with van der Waals surface area (Å²) >= 11 is 1.16. The number of carbonyl (C=O) groups is 1. The molecule has 1 amide bonds. The van der Waals surface area contributed by atoms with Gasteiger partial charge in [0.15, 0.2) is 6.10 Å². The van der Waals surface area contributed by atoms with Crippen LogP contribution in [0.3, 0.4) is 0 Å². The number of nitrogens with one attached hydrogen (secondary N) is 1. The fourth-order valence-electron chi connectivity index (χ4n) is 1.74. The van der Waals surface area contributed by atoms with Crippen LogP contribution in [0, 0.1) is 6.92 Å². The first kappa shape index (κ1) is 15.4. The highest BCUT2D eigenvalue weighted by atomic mass is 32.1. The van der Waals surface area contributed by atoms with Crippen molar-refractivity contribution in [2.24, 2.45) is 0 Å². The highest BCUT2D eigenvalue weighted by Gasteiger charge is 2.16. The number of nitrogens with zero attached hydrogens (tertiary/aromatic N) is 2. The first-order chi connectivity index (χ1) is 9.95. The number of hydrogen-bond donors (Lipinski definition) is 1. The van der Waals surface area contributed by atoms with E-state index in [1.807, 2.05) is 24.3 Å². The smallest absolute Gasteiger partial charge is 0.266 e. The summed E-state index contributed by atoms with van der Waals surface area (Å²) < 4.78 is 9.65. The Bertz CT molecular complexity index is 608. The lowest BCUT2D eigenvalue weighted by molar-refractivity contribution is -0.122. The number of ether oxygens (including phenoxy) is 1. The number of aryl methyl sites for hydroxylation is 1. The summed E-state index contributed by atoms with van der Waals surface area (Å²) in [5.74, 6) is 1.56. The highest BCUT2D eigenvalue weighted by molar-refractivity contribution is 7.09. The number of aromatic nitrogens is 2. The van der Waals surface area contributed by atoms with Crippen LogP contribution in [0.1, 0.15) is 38.1 Å². The SMILES string of the molecule is Cc1nsc(NC(=O)C(C)Oc2ccc(C(C)C)cc2)n1. The first-order valence-electron chi connectivity index (χ1n) is 6.83. The Balaban J connectivity index is 1.93. The van der Waals surface area contributed by atoms with Gasteiger partial charge in [0.2, 0.25) is 5.13 Å². The summed E-state index contributed by atoms with van der Waals surface area (Å²) in [7, 11) is 0. The molecule has 0 saturated carbocycles. The summed E-state index contributed by atoms with van der Waals surface area (Å²) in [5, 5.41) is 3.18. The van der Waals surface area contributed by atoms with Crippen LogP contribution in [0.4, 0.5) is 5.13 Å². The minimum Gasteiger partial charge on any atom is -0.481 e. The van der Waals surface area contributed by atoms with Gasteiger partial charge in [-0.15, -0.1) is 0 Å². The van der Waals surface area contributed by atoms with Crippen molar-refractivity contribution in [1.82, 2.24) is 9.36 Å². The van der Waals surface area contributed by atoms with Gasteiger partial charge in [0.25, 0.3) is 5.91 Å². The monoisotopic (exact) mass is 305 g/mol. The van der Waals surface area contributed by atoms with Crippen molar-refractivity contribution in [2.75, 3.05) is 5.32 Å². The van der Waals surface area contributed by atoms with Gasteiger partial charge in [0.1, 0.15) is 11.6 Å². The molecule has 0 spiro atoms. The van der Waals surface area contributed by atoms with Crippen LogP contribution >= 0.6 is 11.5 Å². The van der Waals surface area contributed by atoms with E-state index in [2.05, 4.69) is 28.5 Å². The number of benzene rings is 1. The van der Waals surface area contributed by atoms with Gasteiger partial charge >= 0.3 is 0 Å². The van der Waals surface area contributed by atoms with E-state index in [0.717, 1.165) is 11.5 Å². The Morgan fingerprint density at radius 1 is 1.24 bits per heavy atom. The molecular weight excluding hydrogens is 286 g/mol. The number of rotatable bonds is 5. The van der Waals surface area contributed by atoms with Gasteiger partial charge in [-0.3, -0.25) is 10.1 Å². The molecule has 1 heterocycles. The predicted octanol–water partition coefficient (Wildman–Crippen LogP) is 3.38. The van der Waals surface area contributed by atoms with Crippen molar-refractivity contribution in [3.05, 3.63) is 35.7 Å². The molecule has 1 aromatic heterocycles. The van der Waals surface area contributed by atoms with Gasteiger partial charge in [-0.25, -0.2) is 4.98 Å². The lowest BCUT2D eigenvalue weighted by Crippen LogP contribution is -2.30. The zero-order valence-electron chi connectivity index (χ0n) is 12.6. The zero-order chi connectivity index (χ0) is 15.4. The average molecular weight is 305 g/mol. The topological polar surface area (TPSA) is 64.1 Å². The third-order valence-corrected chi connectivity index (χ3v) is 3.71. The van der Waals surface area contributed by atoms with Crippen molar-refractivity contribution in [3.63, 3.8) is 0 Å². The maximum Gasteiger partial charge on any atom is 0.266 e. The van der Waals surface area contributed by atoms with Crippen molar-refractivity contribution in [1.29, 1.82) is 0 Å². The molecule has 1 aromatic carbocycles. The van der Waals surface area contributed by atoms with Gasteiger partial charge in [0.05, 0.1) is 0 Å². The molecule has 0 radical (unpaired) electrons. The van der Waals surface area contributed by atoms with Gasteiger partial charge in [-0.05, 0) is 37.5 Å². The van der Waals surface area contributed by atoms with E-state index < -0.39 is 6.10 Å². The predicted molar refractivity (Wildman–Crippen MR) is 83.9 cm³/mol.